The molecule has 1 amide bonds. The Morgan fingerprint density at radius 3 is 2.65 bits per heavy atom. The highest BCUT2D eigenvalue weighted by Crippen LogP contribution is 2.23. The van der Waals surface area contributed by atoms with E-state index in [1.165, 1.54) is 23.1 Å². The Morgan fingerprint density at radius 1 is 1.35 bits per heavy atom. The molecule has 0 radical (unpaired) electrons. The molecule has 2 aromatic rings. The molecule has 1 aromatic carbocycles. The van der Waals surface area contributed by atoms with Gasteiger partial charge in [0, 0.05) is 15.8 Å². The highest BCUT2D eigenvalue weighted by atomic mass is 35.5. The van der Waals surface area contributed by atoms with Crippen LogP contribution >= 0.6 is 34.7 Å². The van der Waals surface area contributed by atoms with E-state index in [4.69, 9.17) is 11.6 Å². The lowest BCUT2D eigenvalue weighted by Crippen LogP contribution is -2.13. The van der Waals surface area contributed by atoms with Gasteiger partial charge in [0.25, 0.3) is 0 Å². The van der Waals surface area contributed by atoms with Crippen LogP contribution in [0.3, 0.4) is 0 Å². The number of benzene rings is 1. The van der Waals surface area contributed by atoms with Crippen LogP contribution in [0.2, 0.25) is 5.02 Å². The molecule has 0 saturated carbocycles. The molecular weight excluding hydrogens is 314 g/mol. The van der Waals surface area contributed by atoms with Crippen molar-refractivity contribution in [3.63, 3.8) is 0 Å². The van der Waals surface area contributed by atoms with Crippen molar-refractivity contribution in [2.24, 2.45) is 0 Å². The summed E-state index contributed by atoms with van der Waals surface area (Å²) < 4.78 is 0. The summed E-state index contributed by atoms with van der Waals surface area (Å²) in [5.74, 6) is 0.566. The van der Waals surface area contributed by atoms with Crippen LogP contribution < -0.4 is 5.32 Å². The Labute approximate surface area is 130 Å². The van der Waals surface area contributed by atoms with Crippen LogP contribution in [0.25, 0.3) is 0 Å². The Morgan fingerprint density at radius 2 is 2.05 bits per heavy atom. The number of carbonyl (C=O) groups is 1. The van der Waals surface area contributed by atoms with Crippen LogP contribution in [0, 0.1) is 0 Å². The van der Waals surface area contributed by atoms with Gasteiger partial charge in [0.2, 0.25) is 11.0 Å². The van der Waals surface area contributed by atoms with Gasteiger partial charge in [-0.05, 0) is 24.3 Å². The number of nitrogens with zero attached hydrogens (tertiary/aromatic N) is 2. The van der Waals surface area contributed by atoms with Crippen molar-refractivity contribution in [2.45, 2.75) is 24.7 Å². The van der Waals surface area contributed by atoms with E-state index in [0.717, 1.165) is 9.90 Å². The number of rotatable bonds is 5. The van der Waals surface area contributed by atoms with Gasteiger partial charge in [-0.25, -0.2) is 0 Å². The first-order valence-electron chi connectivity index (χ1n) is 6.06. The summed E-state index contributed by atoms with van der Waals surface area (Å²) in [5, 5.41) is 12.9. The minimum absolute atomic E-state index is 0.0867. The van der Waals surface area contributed by atoms with E-state index in [1.54, 1.807) is 12.1 Å². The Kier molecular flexibility index (Phi) is 5.39. The molecule has 4 nitrogen and oxygen atoms in total. The summed E-state index contributed by atoms with van der Waals surface area (Å²) in [4.78, 5) is 12.8. The minimum atomic E-state index is -0.0867. The summed E-state index contributed by atoms with van der Waals surface area (Å²) in [7, 11) is 0. The zero-order valence-electron chi connectivity index (χ0n) is 11.1. The van der Waals surface area contributed by atoms with E-state index in [9.17, 15) is 4.79 Å². The number of halogens is 1. The normalized spacial score (nSPS) is 10.8. The lowest BCUT2D eigenvalue weighted by atomic mass is 10.2. The molecule has 0 fully saturated rings. The average molecular weight is 328 g/mol. The third-order valence-electron chi connectivity index (χ3n) is 2.36. The van der Waals surface area contributed by atoms with Gasteiger partial charge in [-0.1, -0.05) is 36.8 Å². The fourth-order valence-electron chi connectivity index (χ4n) is 1.35. The molecule has 106 valence electrons. The molecule has 0 saturated heterocycles. The topological polar surface area (TPSA) is 54.9 Å². The fraction of sp³-hybridized carbons (Fsp3) is 0.308. The molecule has 1 aromatic heterocycles. The lowest BCUT2D eigenvalue weighted by Gasteiger charge is -2.02. The highest BCUT2D eigenvalue weighted by Gasteiger charge is 2.10. The average Bonchev–Trinajstić information content (AvgIpc) is 2.87. The molecule has 0 aliphatic heterocycles. The van der Waals surface area contributed by atoms with Gasteiger partial charge < -0.3 is 0 Å². The first-order chi connectivity index (χ1) is 9.54. The molecular formula is C13H14ClN3OS2. The van der Waals surface area contributed by atoms with Crippen molar-refractivity contribution in [1.29, 1.82) is 0 Å². The molecule has 7 heteroatoms. The number of hydrogen-bond donors (Lipinski definition) is 1. The quantitative estimate of drug-likeness (QED) is 0.842. The summed E-state index contributed by atoms with van der Waals surface area (Å²) in [6.07, 6.45) is 0. The standard InChI is InChI=1S/C13H14ClN3OS2/c1-8(2)12-16-17-13(20-12)15-11(18)7-19-10-5-3-9(14)4-6-10/h3-6,8H,7H2,1-2H3,(H,15,17,18). The molecule has 0 aliphatic carbocycles. The Hall–Kier alpha value is -1.11. The molecule has 0 spiro atoms. The maximum Gasteiger partial charge on any atom is 0.236 e. The second-order valence-corrected chi connectivity index (χ2v) is 6.89. The third kappa shape index (κ3) is 4.47. The maximum absolute atomic E-state index is 11.8. The summed E-state index contributed by atoms with van der Waals surface area (Å²) in [6.45, 7) is 4.09. The van der Waals surface area contributed by atoms with Gasteiger partial charge in [0.15, 0.2) is 0 Å². The summed E-state index contributed by atoms with van der Waals surface area (Å²) in [6, 6.07) is 7.40. The number of anilines is 1. The van der Waals surface area contributed by atoms with Crippen molar-refractivity contribution < 1.29 is 4.79 Å². The molecule has 0 atom stereocenters. The van der Waals surface area contributed by atoms with E-state index >= 15 is 0 Å². The molecule has 1 heterocycles. The van der Waals surface area contributed by atoms with Gasteiger partial charge >= 0.3 is 0 Å². The van der Waals surface area contributed by atoms with Crippen molar-refractivity contribution in [3.05, 3.63) is 34.3 Å². The molecule has 0 bridgehead atoms. The predicted octanol–water partition coefficient (Wildman–Crippen LogP) is 4.05. The monoisotopic (exact) mass is 327 g/mol. The van der Waals surface area contributed by atoms with Crippen LogP contribution in [-0.4, -0.2) is 21.9 Å². The first kappa shape index (κ1) is 15.3. The SMILES string of the molecule is CC(C)c1nnc(NC(=O)CSc2ccc(Cl)cc2)s1. The van der Waals surface area contributed by atoms with Crippen LogP contribution in [0.1, 0.15) is 24.8 Å². The second kappa shape index (κ2) is 7.06. The van der Waals surface area contributed by atoms with E-state index in [1.807, 2.05) is 26.0 Å². The van der Waals surface area contributed by atoms with E-state index < -0.39 is 0 Å². The summed E-state index contributed by atoms with van der Waals surface area (Å²) in [5.41, 5.74) is 0. The van der Waals surface area contributed by atoms with E-state index in [-0.39, 0.29) is 5.91 Å². The smallest absolute Gasteiger partial charge is 0.236 e. The van der Waals surface area contributed by atoms with Gasteiger partial charge in [-0.2, -0.15) is 0 Å². The minimum Gasteiger partial charge on any atom is -0.300 e. The maximum atomic E-state index is 11.8. The molecule has 1 N–H and O–H groups in total. The van der Waals surface area contributed by atoms with Gasteiger partial charge in [-0.15, -0.1) is 22.0 Å². The second-order valence-electron chi connectivity index (χ2n) is 4.39. The zero-order chi connectivity index (χ0) is 14.5. The molecule has 20 heavy (non-hydrogen) atoms. The van der Waals surface area contributed by atoms with Crippen LogP contribution in [0.5, 0.6) is 0 Å². The van der Waals surface area contributed by atoms with Gasteiger partial charge in [0.05, 0.1) is 5.75 Å². The van der Waals surface area contributed by atoms with Crippen molar-refractivity contribution >= 4 is 45.7 Å². The largest absolute Gasteiger partial charge is 0.300 e. The predicted molar refractivity (Wildman–Crippen MR) is 84.8 cm³/mol. The number of hydrogen-bond acceptors (Lipinski definition) is 5. The molecule has 2 rings (SSSR count). The first-order valence-corrected chi connectivity index (χ1v) is 8.24. The fourth-order valence-corrected chi connectivity index (χ4v) is 2.94. The van der Waals surface area contributed by atoms with Gasteiger partial charge in [0.1, 0.15) is 5.01 Å². The zero-order valence-corrected chi connectivity index (χ0v) is 13.5. The van der Waals surface area contributed by atoms with E-state index in [2.05, 4.69) is 15.5 Å². The summed E-state index contributed by atoms with van der Waals surface area (Å²) >= 11 is 8.67. The molecule has 0 unspecified atom stereocenters. The third-order valence-corrected chi connectivity index (χ3v) is 4.77. The lowest BCUT2D eigenvalue weighted by molar-refractivity contribution is -0.113. The van der Waals surface area contributed by atoms with Crippen LogP contribution in [-0.2, 0) is 4.79 Å². The number of aromatic nitrogens is 2. The Bertz CT molecular complexity index is 584. The molecule has 0 aliphatic rings. The Balaban J connectivity index is 1.84. The van der Waals surface area contributed by atoms with E-state index in [0.29, 0.717) is 21.8 Å². The number of amides is 1. The highest BCUT2D eigenvalue weighted by molar-refractivity contribution is 8.00. The van der Waals surface area contributed by atoms with Crippen molar-refractivity contribution in [3.8, 4) is 0 Å². The van der Waals surface area contributed by atoms with Crippen LogP contribution in [0.4, 0.5) is 5.13 Å². The number of nitrogens with one attached hydrogen (secondary N) is 1. The van der Waals surface area contributed by atoms with Crippen molar-refractivity contribution in [1.82, 2.24) is 10.2 Å². The van der Waals surface area contributed by atoms with Crippen LogP contribution in [0.15, 0.2) is 29.2 Å². The number of thioether (sulfide) groups is 1. The van der Waals surface area contributed by atoms with Crippen molar-refractivity contribution in [2.75, 3.05) is 11.1 Å². The van der Waals surface area contributed by atoms with Gasteiger partial charge in [-0.3, -0.25) is 10.1 Å². The number of carbonyl (C=O) groups excluding carboxylic acids is 1.